The van der Waals surface area contributed by atoms with Crippen LogP contribution in [0.1, 0.15) is 16.8 Å². The van der Waals surface area contributed by atoms with Gasteiger partial charge in [0.25, 0.3) is 17.3 Å². The molecule has 1 rings (SSSR count). The Hall–Kier alpha value is -2.69. The van der Waals surface area contributed by atoms with Crippen molar-refractivity contribution in [2.45, 2.75) is 12.5 Å². The summed E-state index contributed by atoms with van der Waals surface area (Å²) in [4.78, 5) is 43.9. The van der Waals surface area contributed by atoms with E-state index in [4.69, 9.17) is 0 Å². The summed E-state index contributed by atoms with van der Waals surface area (Å²) in [5.74, 6) is -0.939. The van der Waals surface area contributed by atoms with Crippen molar-refractivity contribution in [1.29, 1.82) is 0 Å². The van der Waals surface area contributed by atoms with Crippen molar-refractivity contribution in [3.05, 3.63) is 44.0 Å². The summed E-state index contributed by atoms with van der Waals surface area (Å²) < 4.78 is 4.59. The molecule has 1 aromatic rings. The number of ether oxygens (including phenoxy) is 1. The molecule has 1 aromatic carbocycles. The van der Waals surface area contributed by atoms with Crippen LogP contribution in [0.2, 0.25) is 0 Å². The minimum atomic E-state index is -0.951. The summed E-state index contributed by atoms with van der Waals surface area (Å²) in [7, 11) is 1.17. The molecule has 10 nitrogen and oxygen atoms in total. The van der Waals surface area contributed by atoms with Gasteiger partial charge < -0.3 is 10.1 Å². The number of nitrogens with one attached hydrogen (secondary N) is 1. The van der Waals surface area contributed by atoms with E-state index in [1.807, 2.05) is 6.26 Å². The highest BCUT2D eigenvalue weighted by Crippen LogP contribution is 2.22. The third kappa shape index (κ3) is 5.19. The maximum atomic E-state index is 12.2. The molecule has 0 aliphatic rings. The van der Waals surface area contributed by atoms with E-state index in [-0.39, 0.29) is 12.0 Å². The van der Waals surface area contributed by atoms with Crippen LogP contribution >= 0.6 is 11.8 Å². The van der Waals surface area contributed by atoms with Gasteiger partial charge in [-0.15, -0.1) is 0 Å². The monoisotopic (exact) mass is 357 g/mol. The summed E-state index contributed by atoms with van der Waals surface area (Å²) in [5, 5.41) is 24.1. The second kappa shape index (κ2) is 8.82. The average molecular weight is 357 g/mol. The summed E-state index contributed by atoms with van der Waals surface area (Å²) in [5.41, 5.74) is -1.46. The molecule has 1 atom stereocenters. The van der Waals surface area contributed by atoms with Crippen LogP contribution in [0.5, 0.6) is 0 Å². The Bertz CT molecular complexity index is 633. The molecule has 0 spiro atoms. The predicted octanol–water partition coefficient (Wildman–Crippen LogP) is 1.53. The van der Waals surface area contributed by atoms with E-state index >= 15 is 0 Å². The lowest BCUT2D eigenvalue weighted by molar-refractivity contribution is -0.394. The minimum Gasteiger partial charge on any atom is -0.467 e. The van der Waals surface area contributed by atoms with Gasteiger partial charge in [0.1, 0.15) is 6.04 Å². The molecule has 1 N–H and O–H groups in total. The fourth-order valence-electron chi connectivity index (χ4n) is 1.81. The van der Waals surface area contributed by atoms with E-state index in [1.54, 1.807) is 0 Å². The van der Waals surface area contributed by atoms with Gasteiger partial charge in [0.15, 0.2) is 0 Å². The van der Waals surface area contributed by atoms with Crippen molar-refractivity contribution in [1.82, 2.24) is 5.32 Å². The van der Waals surface area contributed by atoms with Crippen molar-refractivity contribution >= 4 is 35.0 Å². The lowest BCUT2D eigenvalue weighted by Gasteiger charge is -2.15. The van der Waals surface area contributed by atoms with Crippen LogP contribution in [0.15, 0.2) is 18.2 Å². The molecule has 0 heterocycles. The first-order valence-electron chi connectivity index (χ1n) is 6.61. The standard InChI is InChI=1S/C13H15N3O7S/c1-23-13(18)11(3-4-24-2)14-12(17)8-5-9(15(19)20)7-10(6-8)16(21)22/h5-7,11H,3-4H2,1-2H3,(H,14,17). The summed E-state index contributed by atoms with van der Waals surface area (Å²) in [6.45, 7) is 0. The van der Waals surface area contributed by atoms with Crippen molar-refractivity contribution in [2.24, 2.45) is 0 Å². The van der Waals surface area contributed by atoms with Crippen molar-refractivity contribution < 1.29 is 24.2 Å². The lowest BCUT2D eigenvalue weighted by atomic mass is 10.1. The van der Waals surface area contributed by atoms with E-state index in [0.717, 1.165) is 18.2 Å². The van der Waals surface area contributed by atoms with Crippen molar-refractivity contribution in [3.8, 4) is 0 Å². The summed E-state index contributed by atoms with van der Waals surface area (Å²) in [6.07, 6.45) is 2.11. The Labute approximate surface area is 140 Å². The molecule has 0 aliphatic carbocycles. The van der Waals surface area contributed by atoms with Gasteiger partial charge in [-0.3, -0.25) is 25.0 Å². The van der Waals surface area contributed by atoms with Crippen LogP contribution in [-0.4, -0.2) is 46.9 Å². The van der Waals surface area contributed by atoms with E-state index in [9.17, 15) is 29.8 Å². The molecule has 0 aromatic heterocycles. The second-order valence-corrected chi connectivity index (χ2v) is 5.57. The zero-order chi connectivity index (χ0) is 18.3. The van der Waals surface area contributed by atoms with E-state index in [1.165, 1.54) is 18.9 Å². The van der Waals surface area contributed by atoms with Gasteiger partial charge in [0, 0.05) is 12.1 Å². The van der Waals surface area contributed by atoms with Gasteiger partial charge in [-0.2, -0.15) is 11.8 Å². The smallest absolute Gasteiger partial charge is 0.328 e. The second-order valence-electron chi connectivity index (χ2n) is 4.58. The fraction of sp³-hybridized carbons (Fsp3) is 0.385. The Morgan fingerprint density at radius 1 is 1.21 bits per heavy atom. The van der Waals surface area contributed by atoms with Gasteiger partial charge in [-0.25, -0.2) is 4.79 Å². The van der Waals surface area contributed by atoms with Gasteiger partial charge in [-0.05, 0) is 18.4 Å². The number of carbonyl (C=O) groups excluding carboxylic acids is 2. The molecule has 0 fully saturated rings. The molecule has 0 saturated carbocycles. The maximum Gasteiger partial charge on any atom is 0.328 e. The highest BCUT2D eigenvalue weighted by molar-refractivity contribution is 7.98. The van der Waals surface area contributed by atoms with E-state index < -0.39 is 39.1 Å². The number of nitro benzene ring substituents is 2. The topological polar surface area (TPSA) is 142 Å². The predicted molar refractivity (Wildman–Crippen MR) is 86.0 cm³/mol. The molecule has 1 amide bonds. The van der Waals surface area contributed by atoms with Crippen LogP contribution in [0.3, 0.4) is 0 Å². The highest BCUT2D eigenvalue weighted by atomic mass is 32.2. The number of hydrogen-bond donors (Lipinski definition) is 1. The zero-order valence-corrected chi connectivity index (χ0v) is 13.7. The number of carbonyl (C=O) groups is 2. The van der Waals surface area contributed by atoms with Crippen LogP contribution in [0.4, 0.5) is 11.4 Å². The van der Waals surface area contributed by atoms with Gasteiger partial charge in [-0.1, -0.05) is 0 Å². The van der Waals surface area contributed by atoms with Crippen LogP contribution in [0.25, 0.3) is 0 Å². The number of methoxy groups -OCH3 is 1. The Morgan fingerprint density at radius 3 is 2.17 bits per heavy atom. The van der Waals surface area contributed by atoms with Gasteiger partial charge >= 0.3 is 5.97 Å². The maximum absolute atomic E-state index is 12.2. The first-order chi connectivity index (χ1) is 11.3. The average Bonchev–Trinajstić information content (AvgIpc) is 2.56. The number of esters is 1. The Balaban J connectivity index is 3.09. The number of nitro groups is 2. The number of non-ortho nitro benzene ring substituents is 2. The molecule has 0 saturated heterocycles. The van der Waals surface area contributed by atoms with E-state index in [2.05, 4.69) is 10.1 Å². The zero-order valence-electron chi connectivity index (χ0n) is 12.9. The number of rotatable bonds is 8. The molecule has 1 unspecified atom stereocenters. The molecule has 0 radical (unpaired) electrons. The van der Waals surface area contributed by atoms with Crippen LogP contribution in [0, 0.1) is 20.2 Å². The van der Waals surface area contributed by atoms with Gasteiger partial charge in [0.2, 0.25) is 0 Å². The first-order valence-corrected chi connectivity index (χ1v) is 8.01. The summed E-state index contributed by atoms with van der Waals surface area (Å²) >= 11 is 1.46. The van der Waals surface area contributed by atoms with Crippen molar-refractivity contribution in [3.63, 3.8) is 0 Å². The molecular formula is C13H15N3O7S. The normalized spacial score (nSPS) is 11.4. The third-order valence-corrected chi connectivity index (χ3v) is 3.63. The number of nitrogens with zero attached hydrogens (tertiary/aromatic N) is 2. The molecular weight excluding hydrogens is 342 g/mol. The minimum absolute atomic E-state index is 0.283. The first kappa shape index (κ1) is 19.4. The molecule has 0 bridgehead atoms. The summed E-state index contributed by atoms with van der Waals surface area (Å²) in [6, 6.07) is 1.62. The Kier molecular flexibility index (Phi) is 7.11. The molecule has 24 heavy (non-hydrogen) atoms. The van der Waals surface area contributed by atoms with Crippen molar-refractivity contribution in [2.75, 3.05) is 19.1 Å². The third-order valence-electron chi connectivity index (χ3n) is 2.99. The number of benzene rings is 1. The lowest BCUT2D eigenvalue weighted by Crippen LogP contribution is -2.42. The quantitative estimate of drug-likeness (QED) is 0.419. The van der Waals surface area contributed by atoms with Crippen LogP contribution < -0.4 is 5.32 Å². The van der Waals surface area contributed by atoms with Crippen LogP contribution in [-0.2, 0) is 9.53 Å². The number of thioether (sulfide) groups is 1. The number of hydrogen-bond acceptors (Lipinski definition) is 8. The molecule has 11 heteroatoms. The Morgan fingerprint density at radius 2 is 1.75 bits per heavy atom. The fourth-order valence-corrected chi connectivity index (χ4v) is 2.28. The van der Waals surface area contributed by atoms with E-state index in [0.29, 0.717) is 5.75 Å². The highest BCUT2D eigenvalue weighted by Gasteiger charge is 2.25. The molecule has 130 valence electrons. The molecule has 0 aliphatic heterocycles. The van der Waals surface area contributed by atoms with Gasteiger partial charge in [0.05, 0.1) is 28.6 Å². The number of amides is 1. The SMILES string of the molecule is COC(=O)C(CCSC)NC(=O)c1cc([N+](=O)[O-])cc([N+](=O)[O-])c1. The largest absolute Gasteiger partial charge is 0.467 e.